The standard InChI is InChI=1S/C35H50N8O8/c1-20(44)39-19-27(45)41-23(8-6-14-38-32(36)37)31(46)40-18-22-7-4-5-15-43(22)33(47)50-25-11-12-35(48)26-17-21-9-10-24(49-3)29-28(21)34(35,30(25)51-29)13-16-42(26)2/h9-11,22-23,26,30,48H,4-8,12-19H2,1-3H3,(H,39,44)(H,40,46)(H,41,45)(H4,36,37,38). The molecule has 8 N–H and O–H groups in total. The fourth-order valence-electron chi connectivity index (χ4n) is 8.76. The molecule has 16 heteroatoms. The third-order valence-corrected chi connectivity index (χ3v) is 11.2. The van der Waals surface area contributed by atoms with Crippen molar-refractivity contribution in [2.45, 2.75) is 93.5 Å². The van der Waals surface area contributed by atoms with Crippen molar-refractivity contribution in [3.63, 3.8) is 0 Å². The lowest BCUT2D eigenvalue weighted by Gasteiger charge is -2.61. The molecule has 0 saturated carbocycles. The number of hydrogen-bond donors (Lipinski definition) is 6. The summed E-state index contributed by atoms with van der Waals surface area (Å²) in [5, 5.41) is 20.5. The van der Waals surface area contributed by atoms with Crippen LogP contribution in [0.3, 0.4) is 0 Å². The van der Waals surface area contributed by atoms with Crippen LogP contribution >= 0.6 is 0 Å². The maximum atomic E-state index is 14.0. The van der Waals surface area contributed by atoms with Gasteiger partial charge in [0.15, 0.2) is 23.6 Å². The average Bonchev–Trinajstić information content (AvgIpc) is 3.46. The summed E-state index contributed by atoms with van der Waals surface area (Å²) in [5.41, 5.74) is 11.0. The summed E-state index contributed by atoms with van der Waals surface area (Å²) in [5.74, 6) is 0.158. The van der Waals surface area contributed by atoms with Crippen LogP contribution in [-0.2, 0) is 31.0 Å². The van der Waals surface area contributed by atoms with Crippen LogP contribution in [0.4, 0.5) is 4.79 Å². The number of aliphatic hydroxyl groups is 1. The predicted octanol–water partition coefficient (Wildman–Crippen LogP) is -0.245. The van der Waals surface area contributed by atoms with Crippen molar-refractivity contribution in [3.05, 3.63) is 35.1 Å². The van der Waals surface area contributed by atoms with Crippen molar-refractivity contribution >= 4 is 29.8 Å². The molecule has 16 nitrogen and oxygen atoms in total. The minimum atomic E-state index is -1.12. The van der Waals surface area contributed by atoms with E-state index in [0.29, 0.717) is 55.9 Å². The van der Waals surface area contributed by atoms with Crippen LogP contribution in [0.5, 0.6) is 11.5 Å². The maximum absolute atomic E-state index is 14.0. The zero-order chi connectivity index (χ0) is 36.5. The lowest BCUT2D eigenvalue weighted by atomic mass is 9.50. The van der Waals surface area contributed by atoms with Gasteiger partial charge in [-0.15, -0.1) is 0 Å². The fraction of sp³-hybridized carbons (Fsp3) is 0.629. The number of methoxy groups -OCH3 is 1. The third kappa shape index (κ3) is 6.66. The van der Waals surface area contributed by atoms with Gasteiger partial charge in [-0.2, -0.15) is 0 Å². The van der Waals surface area contributed by atoms with Gasteiger partial charge in [-0.3, -0.25) is 19.4 Å². The van der Waals surface area contributed by atoms with Crippen LogP contribution in [0, 0.1) is 0 Å². The van der Waals surface area contributed by atoms with Crippen LogP contribution < -0.4 is 36.9 Å². The van der Waals surface area contributed by atoms with Crippen molar-refractivity contribution in [2.75, 3.05) is 46.9 Å². The topological polar surface area (TPSA) is 223 Å². The summed E-state index contributed by atoms with van der Waals surface area (Å²) in [6.45, 7) is 2.62. The number of rotatable bonds is 12. The largest absolute Gasteiger partial charge is 0.493 e. The molecule has 4 amide bonds. The average molecular weight is 711 g/mol. The number of likely N-dealkylation sites (tertiary alicyclic amines) is 2. The predicted molar refractivity (Wildman–Crippen MR) is 186 cm³/mol. The Kier molecular flexibility index (Phi) is 10.4. The molecule has 6 unspecified atom stereocenters. The summed E-state index contributed by atoms with van der Waals surface area (Å²) in [6, 6.07) is 2.55. The number of nitrogens with two attached hydrogens (primary N) is 2. The highest BCUT2D eigenvalue weighted by molar-refractivity contribution is 5.89. The van der Waals surface area contributed by atoms with Gasteiger partial charge in [-0.05, 0) is 76.2 Å². The Morgan fingerprint density at radius 1 is 1.18 bits per heavy atom. The van der Waals surface area contributed by atoms with Crippen molar-refractivity contribution in [3.8, 4) is 11.5 Å². The summed E-state index contributed by atoms with van der Waals surface area (Å²) < 4.78 is 18.5. The molecular weight excluding hydrogens is 660 g/mol. The van der Waals surface area contributed by atoms with Crippen molar-refractivity contribution in [1.29, 1.82) is 0 Å². The smallest absolute Gasteiger partial charge is 0.415 e. The van der Waals surface area contributed by atoms with E-state index < -0.39 is 41.1 Å². The second-order valence-corrected chi connectivity index (χ2v) is 14.2. The Hall–Kier alpha value is -4.57. The number of ether oxygens (including phenoxy) is 3. The molecule has 6 atom stereocenters. The van der Waals surface area contributed by atoms with Crippen LogP contribution in [0.15, 0.2) is 29.0 Å². The first-order valence-corrected chi connectivity index (χ1v) is 17.7. The van der Waals surface area contributed by atoms with Crippen molar-refractivity contribution in [2.24, 2.45) is 16.5 Å². The van der Waals surface area contributed by atoms with Gasteiger partial charge in [0.05, 0.1) is 30.7 Å². The number of amides is 4. The second-order valence-electron chi connectivity index (χ2n) is 14.2. The number of guanidine groups is 1. The number of carbonyl (C=O) groups is 4. The van der Waals surface area contributed by atoms with Gasteiger partial charge < -0.3 is 56.5 Å². The summed E-state index contributed by atoms with van der Waals surface area (Å²) >= 11 is 0. The molecule has 51 heavy (non-hydrogen) atoms. The van der Waals surface area contributed by atoms with E-state index in [9.17, 15) is 24.3 Å². The molecule has 1 aromatic rings. The molecule has 1 spiro atoms. The number of hydrogen-bond acceptors (Lipinski definition) is 10. The fourth-order valence-corrected chi connectivity index (χ4v) is 8.76. The van der Waals surface area contributed by atoms with Gasteiger partial charge >= 0.3 is 6.09 Å². The Morgan fingerprint density at radius 2 is 1.98 bits per heavy atom. The molecule has 2 saturated heterocycles. The van der Waals surface area contributed by atoms with Gasteiger partial charge in [-0.25, -0.2) is 4.79 Å². The quantitative estimate of drug-likeness (QED) is 0.0943. The van der Waals surface area contributed by atoms with E-state index in [1.54, 1.807) is 18.1 Å². The molecule has 278 valence electrons. The number of carbonyl (C=O) groups excluding carboxylic acids is 4. The van der Waals surface area contributed by atoms with Crippen LogP contribution in [-0.4, -0.2) is 121 Å². The Morgan fingerprint density at radius 3 is 2.73 bits per heavy atom. The van der Waals surface area contributed by atoms with Gasteiger partial charge in [0.25, 0.3) is 0 Å². The molecule has 2 bridgehead atoms. The minimum absolute atomic E-state index is 0.0721. The van der Waals surface area contributed by atoms with Crippen LogP contribution in [0.25, 0.3) is 0 Å². The number of likely N-dealkylation sites (N-methyl/N-ethyl adjacent to an activating group) is 1. The Labute approximate surface area is 297 Å². The molecule has 3 aliphatic heterocycles. The van der Waals surface area contributed by atoms with Crippen molar-refractivity contribution in [1.82, 2.24) is 25.8 Å². The first-order chi connectivity index (χ1) is 24.4. The minimum Gasteiger partial charge on any atom is -0.493 e. The zero-order valence-electron chi connectivity index (χ0n) is 29.5. The third-order valence-electron chi connectivity index (χ3n) is 11.2. The summed E-state index contributed by atoms with van der Waals surface area (Å²) in [6.07, 6.45) is 5.08. The molecule has 5 aliphatic rings. The molecule has 2 aliphatic carbocycles. The molecule has 3 heterocycles. The lowest BCUT2D eigenvalue weighted by molar-refractivity contribution is -0.163. The highest BCUT2D eigenvalue weighted by atomic mass is 16.6. The number of benzene rings is 1. The first kappa shape index (κ1) is 36.2. The normalized spacial score (nSPS) is 27.9. The Balaban J connectivity index is 1.16. The molecule has 0 radical (unpaired) electrons. The summed E-state index contributed by atoms with van der Waals surface area (Å²) in [7, 11) is 3.63. The molecule has 2 fully saturated rings. The SMILES string of the molecule is COc1ccc2c3c1OC1C(OC(=O)N4CCCCC4CNC(=O)C(CCCN=C(N)N)NC(=O)CNC(C)=O)=CCC4(O)C(C2)N(C)CCC314. The number of nitrogens with one attached hydrogen (secondary N) is 3. The molecular formula is C35H50N8O8. The molecule has 6 rings (SSSR count). The van der Waals surface area contributed by atoms with E-state index in [0.717, 1.165) is 30.5 Å². The van der Waals surface area contributed by atoms with E-state index in [-0.39, 0.29) is 50.0 Å². The van der Waals surface area contributed by atoms with Crippen molar-refractivity contribution < 1.29 is 38.5 Å². The van der Waals surface area contributed by atoms with Gasteiger partial charge in [-0.1, -0.05) is 6.07 Å². The summed E-state index contributed by atoms with van der Waals surface area (Å²) in [4.78, 5) is 58.9. The van der Waals surface area contributed by atoms with E-state index in [1.165, 1.54) is 6.92 Å². The highest BCUT2D eigenvalue weighted by Gasteiger charge is 2.72. The maximum Gasteiger partial charge on any atom is 0.415 e. The number of piperidine rings is 2. The number of nitrogens with zero attached hydrogens (tertiary/aromatic N) is 3. The van der Waals surface area contributed by atoms with Gasteiger partial charge in [0.2, 0.25) is 17.7 Å². The monoisotopic (exact) mass is 710 g/mol. The first-order valence-electron chi connectivity index (χ1n) is 17.7. The van der Waals surface area contributed by atoms with E-state index in [4.69, 9.17) is 25.7 Å². The van der Waals surface area contributed by atoms with Crippen LogP contribution in [0.1, 0.15) is 63.0 Å². The zero-order valence-corrected chi connectivity index (χ0v) is 29.5. The van der Waals surface area contributed by atoms with E-state index in [2.05, 4.69) is 31.9 Å². The molecule has 0 aromatic heterocycles. The van der Waals surface area contributed by atoms with E-state index >= 15 is 0 Å². The molecule has 1 aromatic carbocycles. The lowest BCUT2D eigenvalue weighted by Crippen LogP contribution is -2.74. The van der Waals surface area contributed by atoms with E-state index in [1.807, 2.05) is 13.1 Å². The highest BCUT2D eigenvalue weighted by Crippen LogP contribution is 2.65. The number of aliphatic imine (C=N–C) groups is 1. The second kappa shape index (κ2) is 14.6. The van der Waals surface area contributed by atoms with Gasteiger partial charge in [0, 0.05) is 44.6 Å². The van der Waals surface area contributed by atoms with Gasteiger partial charge in [0.1, 0.15) is 11.8 Å². The Bertz CT molecular complexity index is 1610. The van der Waals surface area contributed by atoms with Crippen LogP contribution in [0.2, 0.25) is 0 Å².